The van der Waals surface area contributed by atoms with Gasteiger partial charge in [-0.3, -0.25) is 0 Å². The zero-order valence-electron chi connectivity index (χ0n) is 17.4. The van der Waals surface area contributed by atoms with Crippen LogP contribution in [0.15, 0.2) is 17.6 Å². The summed E-state index contributed by atoms with van der Waals surface area (Å²) in [5.41, 5.74) is 3.84. The van der Waals surface area contributed by atoms with Crippen molar-refractivity contribution in [1.29, 1.82) is 0 Å². The molecule has 1 saturated carbocycles. The SMILES string of the molecule is Cc1csc(C2(NCc3cnc4c(c3)c(C)nn4[C@H]3CCS(=O)(=O)C3)CCCC2)n1. The van der Waals surface area contributed by atoms with Crippen molar-refractivity contribution in [1.82, 2.24) is 25.1 Å². The van der Waals surface area contributed by atoms with E-state index in [1.165, 1.54) is 17.8 Å². The van der Waals surface area contributed by atoms with Crippen LogP contribution in [0.1, 0.15) is 60.1 Å². The third-order valence-corrected chi connectivity index (χ3v) is 9.37. The smallest absolute Gasteiger partial charge is 0.158 e. The normalized spacial score (nSPS) is 22.8. The van der Waals surface area contributed by atoms with Crippen LogP contribution < -0.4 is 5.32 Å². The van der Waals surface area contributed by atoms with Crippen molar-refractivity contribution in [3.05, 3.63) is 39.6 Å². The summed E-state index contributed by atoms with van der Waals surface area (Å²) in [6, 6.07) is 2.03. The number of fused-ring (bicyclic) bond motifs is 1. The van der Waals surface area contributed by atoms with E-state index in [0.29, 0.717) is 6.42 Å². The summed E-state index contributed by atoms with van der Waals surface area (Å²) in [5, 5.41) is 12.8. The molecule has 5 rings (SSSR count). The molecule has 3 aromatic rings. The third-order valence-electron chi connectivity index (χ3n) is 6.46. The molecule has 0 aromatic carbocycles. The van der Waals surface area contributed by atoms with Crippen LogP contribution in [0.5, 0.6) is 0 Å². The average Bonchev–Trinajstić information content (AvgIpc) is 3.48. The first-order chi connectivity index (χ1) is 14.4. The van der Waals surface area contributed by atoms with Gasteiger partial charge in [0.1, 0.15) is 5.01 Å². The predicted octanol–water partition coefficient (Wildman–Crippen LogP) is 3.42. The molecule has 7 nitrogen and oxygen atoms in total. The second kappa shape index (κ2) is 7.39. The Morgan fingerprint density at radius 3 is 2.77 bits per heavy atom. The van der Waals surface area contributed by atoms with Gasteiger partial charge in [0, 0.05) is 29.2 Å². The molecule has 0 radical (unpaired) electrons. The maximum atomic E-state index is 11.9. The van der Waals surface area contributed by atoms with E-state index in [2.05, 4.69) is 28.8 Å². The Balaban J connectivity index is 1.40. The van der Waals surface area contributed by atoms with E-state index in [1.54, 1.807) is 11.3 Å². The first-order valence-corrected chi connectivity index (χ1v) is 13.3. The number of rotatable bonds is 5. The quantitative estimate of drug-likeness (QED) is 0.647. The molecule has 1 aliphatic heterocycles. The maximum absolute atomic E-state index is 11.9. The van der Waals surface area contributed by atoms with Gasteiger partial charge in [0.15, 0.2) is 15.5 Å². The van der Waals surface area contributed by atoms with Crippen molar-refractivity contribution in [2.75, 3.05) is 11.5 Å². The number of aryl methyl sites for hydroxylation is 2. The highest BCUT2D eigenvalue weighted by Crippen LogP contribution is 2.40. The lowest BCUT2D eigenvalue weighted by atomic mass is 9.98. The minimum Gasteiger partial charge on any atom is -0.301 e. The van der Waals surface area contributed by atoms with Gasteiger partial charge in [0.05, 0.1) is 28.8 Å². The lowest BCUT2D eigenvalue weighted by Gasteiger charge is -2.28. The molecule has 2 aliphatic rings. The van der Waals surface area contributed by atoms with Crippen LogP contribution in [0.2, 0.25) is 0 Å². The van der Waals surface area contributed by atoms with Crippen LogP contribution in [0.25, 0.3) is 11.0 Å². The fourth-order valence-electron chi connectivity index (χ4n) is 4.82. The molecule has 160 valence electrons. The fraction of sp³-hybridized carbons (Fsp3) is 0.571. The molecule has 1 aliphatic carbocycles. The van der Waals surface area contributed by atoms with E-state index in [-0.39, 0.29) is 23.1 Å². The molecule has 0 unspecified atom stereocenters. The monoisotopic (exact) mass is 445 g/mol. The topological polar surface area (TPSA) is 89.8 Å². The van der Waals surface area contributed by atoms with E-state index in [0.717, 1.165) is 47.4 Å². The zero-order chi connectivity index (χ0) is 20.9. The number of sulfone groups is 1. The summed E-state index contributed by atoms with van der Waals surface area (Å²) < 4.78 is 25.6. The van der Waals surface area contributed by atoms with Crippen molar-refractivity contribution in [2.24, 2.45) is 0 Å². The highest BCUT2D eigenvalue weighted by Gasteiger charge is 2.37. The number of aromatic nitrogens is 4. The number of hydrogen-bond donors (Lipinski definition) is 1. The Morgan fingerprint density at radius 2 is 2.10 bits per heavy atom. The molecule has 30 heavy (non-hydrogen) atoms. The molecule has 3 aromatic heterocycles. The van der Waals surface area contributed by atoms with Crippen LogP contribution in [0.4, 0.5) is 0 Å². The predicted molar refractivity (Wildman–Crippen MR) is 118 cm³/mol. The van der Waals surface area contributed by atoms with Crippen LogP contribution in [0.3, 0.4) is 0 Å². The Labute approximate surface area is 180 Å². The first-order valence-electron chi connectivity index (χ1n) is 10.6. The number of nitrogens with one attached hydrogen (secondary N) is 1. The molecule has 1 atom stereocenters. The van der Waals surface area contributed by atoms with E-state index in [4.69, 9.17) is 9.97 Å². The zero-order valence-corrected chi connectivity index (χ0v) is 19.0. The Morgan fingerprint density at radius 1 is 1.30 bits per heavy atom. The third kappa shape index (κ3) is 3.56. The standard InChI is InChI=1S/C21H27N5O2S2/c1-14-12-29-20(24-14)21(6-3-4-7-21)23-11-16-9-18-15(2)25-26(19(18)22-10-16)17-5-8-30(27,28)13-17/h9-10,12,17,23H,3-8,11,13H2,1-2H3/t17-/m0/s1. The van der Waals surface area contributed by atoms with Crippen molar-refractivity contribution < 1.29 is 8.42 Å². The minimum absolute atomic E-state index is 0.0364. The van der Waals surface area contributed by atoms with Gasteiger partial charge in [-0.05, 0) is 44.7 Å². The van der Waals surface area contributed by atoms with Gasteiger partial charge in [0.25, 0.3) is 0 Å². The van der Waals surface area contributed by atoms with Crippen molar-refractivity contribution in [3.63, 3.8) is 0 Å². The molecule has 0 spiro atoms. The molecule has 0 bridgehead atoms. The first kappa shape index (κ1) is 20.1. The summed E-state index contributed by atoms with van der Waals surface area (Å²) in [6.07, 6.45) is 7.18. The molecule has 4 heterocycles. The lowest BCUT2D eigenvalue weighted by molar-refractivity contribution is 0.337. The van der Waals surface area contributed by atoms with Gasteiger partial charge in [0.2, 0.25) is 0 Å². The summed E-state index contributed by atoms with van der Waals surface area (Å²) in [7, 11) is -2.96. The van der Waals surface area contributed by atoms with E-state index in [1.807, 2.05) is 17.8 Å². The van der Waals surface area contributed by atoms with E-state index in [9.17, 15) is 8.42 Å². The van der Waals surface area contributed by atoms with Crippen LogP contribution in [0, 0.1) is 13.8 Å². The molecule has 1 saturated heterocycles. The highest BCUT2D eigenvalue weighted by atomic mass is 32.2. The van der Waals surface area contributed by atoms with Gasteiger partial charge < -0.3 is 5.32 Å². The van der Waals surface area contributed by atoms with Crippen molar-refractivity contribution >= 4 is 32.2 Å². The minimum atomic E-state index is -2.96. The average molecular weight is 446 g/mol. The second-order valence-electron chi connectivity index (χ2n) is 8.74. The summed E-state index contributed by atoms with van der Waals surface area (Å²) >= 11 is 1.75. The maximum Gasteiger partial charge on any atom is 0.158 e. The number of hydrogen-bond acceptors (Lipinski definition) is 7. The molecular formula is C21H27N5O2S2. The lowest BCUT2D eigenvalue weighted by Crippen LogP contribution is -2.39. The summed E-state index contributed by atoms with van der Waals surface area (Å²) in [5.74, 6) is 0.391. The molecule has 1 N–H and O–H groups in total. The van der Waals surface area contributed by atoms with Gasteiger partial charge >= 0.3 is 0 Å². The Kier molecular flexibility index (Phi) is 4.95. The van der Waals surface area contributed by atoms with Crippen molar-refractivity contribution in [3.8, 4) is 0 Å². The Hall–Kier alpha value is -1.84. The van der Waals surface area contributed by atoms with Crippen LogP contribution in [-0.4, -0.2) is 39.7 Å². The van der Waals surface area contributed by atoms with Gasteiger partial charge in [-0.25, -0.2) is 23.1 Å². The summed E-state index contributed by atoms with van der Waals surface area (Å²) in [6.45, 7) is 4.75. The number of nitrogens with zero attached hydrogens (tertiary/aromatic N) is 4. The molecule has 2 fully saturated rings. The van der Waals surface area contributed by atoms with Crippen LogP contribution in [-0.2, 0) is 21.9 Å². The summed E-state index contributed by atoms with van der Waals surface area (Å²) in [4.78, 5) is 9.47. The van der Waals surface area contributed by atoms with E-state index >= 15 is 0 Å². The molecular weight excluding hydrogens is 418 g/mol. The molecule has 0 amide bonds. The molecule has 9 heteroatoms. The number of pyridine rings is 1. The van der Waals surface area contributed by atoms with Gasteiger partial charge in [-0.15, -0.1) is 11.3 Å². The highest BCUT2D eigenvalue weighted by molar-refractivity contribution is 7.91. The fourth-order valence-corrected chi connectivity index (χ4v) is 7.55. The van der Waals surface area contributed by atoms with Crippen LogP contribution >= 0.6 is 11.3 Å². The largest absolute Gasteiger partial charge is 0.301 e. The number of thiazole rings is 1. The van der Waals surface area contributed by atoms with Gasteiger partial charge in [-0.1, -0.05) is 12.8 Å². The van der Waals surface area contributed by atoms with E-state index < -0.39 is 9.84 Å². The Bertz CT molecular complexity index is 1190. The second-order valence-corrected chi connectivity index (χ2v) is 11.8. The van der Waals surface area contributed by atoms with Gasteiger partial charge in [-0.2, -0.15) is 5.10 Å². The van der Waals surface area contributed by atoms with Crippen molar-refractivity contribution in [2.45, 2.75) is 64.1 Å².